The number of carbonyl (C=O) groups excluding carboxylic acids is 5. The highest BCUT2D eigenvalue weighted by atomic mass is 32.1. The number of imidazole rings is 2. The molecule has 0 saturated carbocycles. The quantitative estimate of drug-likeness (QED) is 0.166. The van der Waals surface area contributed by atoms with Crippen LogP contribution < -0.4 is 16.0 Å². The summed E-state index contributed by atoms with van der Waals surface area (Å²) in [6.07, 6.45) is 14.6. The van der Waals surface area contributed by atoms with Gasteiger partial charge in [-0.05, 0) is 38.3 Å². The van der Waals surface area contributed by atoms with E-state index in [9.17, 15) is 14.4 Å². The van der Waals surface area contributed by atoms with Gasteiger partial charge in [0.25, 0.3) is 6.47 Å². The van der Waals surface area contributed by atoms with E-state index in [4.69, 9.17) is 9.59 Å². The van der Waals surface area contributed by atoms with E-state index < -0.39 is 0 Å². The highest BCUT2D eigenvalue weighted by Crippen LogP contribution is 2.27. The number of likely N-dealkylation sites (N-methyl/N-ethyl adjacent to an activating group) is 1. The number of hydrogen-bond donors (Lipinski definition) is 4. The summed E-state index contributed by atoms with van der Waals surface area (Å²) in [5, 5.41) is 9.59. The van der Waals surface area contributed by atoms with Crippen LogP contribution in [0.5, 0.6) is 0 Å². The van der Waals surface area contributed by atoms with Crippen molar-refractivity contribution >= 4 is 52.3 Å². The van der Waals surface area contributed by atoms with Crippen molar-refractivity contribution in [2.24, 2.45) is 0 Å². The molecule has 4 N–H and O–H groups in total. The van der Waals surface area contributed by atoms with Gasteiger partial charge in [-0.25, -0.2) is 9.97 Å². The molecule has 15 nitrogen and oxygen atoms in total. The summed E-state index contributed by atoms with van der Waals surface area (Å²) < 4.78 is 5.91. The second-order valence-corrected chi connectivity index (χ2v) is 13.1. The fourth-order valence-electron chi connectivity index (χ4n) is 4.79. The van der Waals surface area contributed by atoms with E-state index in [1.807, 2.05) is 24.9 Å². The summed E-state index contributed by atoms with van der Waals surface area (Å²) in [7, 11) is 5.03. The molecule has 0 radical (unpaired) electrons. The third-order valence-electron chi connectivity index (χ3n) is 7.22. The van der Waals surface area contributed by atoms with E-state index in [1.165, 1.54) is 39.7 Å². The minimum Gasteiger partial charge on any atom is -0.471 e. The van der Waals surface area contributed by atoms with Crippen molar-refractivity contribution < 1.29 is 28.7 Å². The van der Waals surface area contributed by atoms with Gasteiger partial charge in [-0.15, -0.1) is 0 Å². The third-order valence-corrected chi connectivity index (χ3v) is 8.24. The van der Waals surface area contributed by atoms with E-state index in [1.54, 1.807) is 29.6 Å². The van der Waals surface area contributed by atoms with E-state index >= 15 is 0 Å². The zero-order valence-corrected chi connectivity index (χ0v) is 34.8. The number of amides is 3. The largest absolute Gasteiger partial charge is 0.471 e. The number of H-pyrrole nitrogens is 1. The summed E-state index contributed by atoms with van der Waals surface area (Å²) in [6.45, 7) is 16.5. The van der Waals surface area contributed by atoms with Crippen LogP contribution in [-0.2, 0) is 28.7 Å². The van der Waals surface area contributed by atoms with Crippen molar-refractivity contribution in [3.63, 3.8) is 0 Å². The van der Waals surface area contributed by atoms with Crippen molar-refractivity contribution in [3.8, 4) is 22.5 Å². The molecule has 6 rings (SSSR count). The van der Waals surface area contributed by atoms with E-state index in [0.29, 0.717) is 13.0 Å². The summed E-state index contributed by atoms with van der Waals surface area (Å²) in [5.74, 6) is 0.116. The maximum Gasteiger partial charge on any atom is 0.292 e. The van der Waals surface area contributed by atoms with Gasteiger partial charge in [-0.2, -0.15) is 0 Å². The fraction of sp³-hybridized carbons (Fsp3) is 0.513. The molecule has 55 heavy (non-hydrogen) atoms. The maximum absolute atomic E-state index is 11.3. The van der Waals surface area contributed by atoms with Gasteiger partial charge in [0.05, 0.1) is 44.1 Å². The molecule has 4 aromatic rings. The van der Waals surface area contributed by atoms with Crippen LogP contribution in [0.2, 0.25) is 0 Å². The van der Waals surface area contributed by atoms with Crippen molar-refractivity contribution in [1.82, 2.24) is 39.8 Å². The molecule has 2 aliphatic heterocycles. The average molecular weight is 786 g/mol. The predicted molar refractivity (Wildman–Crippen MR) is 222 cm³/mol. The highest BCUT2D eigenvalue weighted by molar-refractivity contribution is 7.20. The first kappa shape index (κ1) is 49.9. The third kappa shape index (κ3) is 20.2. The lowest BCUT2D eigenvalue weighted by Crippen LogP contribution is -2.37. The Hall–Kier alpha value is -5.09. The number of likely N-dealkylation sites (tertiary alicyclic amines) is 2. The molecular formula is C39H63N9O6S. The van der Waals surface area contributed by atoms with Crippen LogP contribution in [-0.4, -0.2) is 121 Å². The summed E-state index contributed by atoms with van der Waals surface area (Å²) in [6, 6.07) is 8.33. The summed E-state index contributed by atoms with van der Waals surface area (Å²) in [4.78, 5) is 66.3. The van der Waals surface area contributed by atoms with Gasteiger partial charge in [0, 0.05) is 58.1 Å². The molecule has 1 aromatic carbocycles. The number of aromatic nitrogens is 4. The number of nitrogens with one attached hydrogen (secondary N) is 4. The molecule has 306 valence electrons. The number of rotatable bonds is 8. The number of carbonyl (C=O) groups is 5. The molecule has 2 aliphatic rings. The van der Waals surface area contributed by atoms with Crippen molar-refractivity contribution in [2.45, 2.75) is 73.1 Å². The van der Waals surface area contributed by atoms with E-state index in [-0.39, 0.29) is 24.3 Å². The molecule has 0 unspecified atom stereocenters. The summed E-state index contributed by atoms with van der Waals surface area (Å²) in [5.41, 5.74) is 4.24. The van der Waals surface area contributed by atoms with Gasteiger partial charge in [-0.3, -0.25) is 23.6 Å². The zero-order chi connectivity index (χ0) is 41.4. The lowest BCUT2D eigenvalue weighted by Gasteiger charge is -2.14. The summed E-state index contributed by atoms with van der Waals surface area (Å²) >= 11 is 1.64. The Labute approximate surface area is 330 Å². The molecule has 0 spiro atoms. The topological polar surface area (TPSA) is 183 Å². The van der Waals surface area contributed by atoms with Crippen LogP contribution in [0.1, 0.15) is 73.1 Å². The van der Waals surface area contributed by atoms with Crippen LogP contribution in [0.4, 0.5) is 5.00 Å². The van der Waals surface area contributed by atoms with Gasteiger partial charge < -0.3 is 40.3 Å². The number of ether oxygens (including phenoxy) is 1. The van der Waals surface area contributed by atoms with Gasteiger partial charge in [0.1, 0.15) is 11.8 Å². The predicted octanol–water partition coefficient (Wildman–Crippen LogP) is 5.50. The van der Waals surface area contributed by atoms with Crippen LogP contribution in [0.25, 0.3) is 27.5 Å². The number of anilines is 1. The number of aromatic amines is 1. The number of fused-ring (bicyclic) bond motifs is 1. The van der Waals surface area contributed by atoms with Gasteiger partial charge in [0.2, 0.25) is 17.7 Å². The van der Waals surface area contributed by atoms with Crippen LogP contribution in [0, 0.1) is 0 Å². The van der Waals surface area contributed by atoms with Gasteiger partial charge in [-0.1, -0.05) is 76.1 Å². The number of methoxy groups -OCH3 is 1. The standard InChI is InChI=1S/C15H13N5S.C8H14N2O2.C7H14N2O.2C3H8.C2H4O2.CH2O/c1-16-14-8-20-7-13(19-15(20)21-14)11-4-2-10(3-5-11)12-6-17-9-18-12;1-7(11)9-6-8(12)10-4-2-3-5-10;1-8-6-7(10)9-4-2-3-5-9;2*1-3-2;1-4-2-3;1-2/h2-9,16H,1H3,(H,17,18);2-6H2,1H3,(H,9,11);8H,2-6H2,1H3;2*3H2,1-2H3;2H,1H3;1H2. The Morgan fingerprint density at radius 3 is 1.76 bits per heavy atom. The molecule has 16 heteroatoms. The molecule has 5 heterocycles. The molecule has 0 aliphatic carbocycles. The Morgan fingerprint density at radius 2 is 1.36 bits per heavy atom. The Morgan fingerprint density at radius 1 is 0.873 bits per heavy atom. The first-order chi connectivity index (χ1) is 26.6. The van der Waals surface area contributed by atoms with Crippen molar-refractivity contribution in [3.05, 3.63) is 49.2 Å². The first-order valence-electron chi connectivity index (χ1n) is 18.6. The lowest BCUT2D eigenvalue weighted by molar-refractivity contribution is -0.131. The molecule has 3 amide bonds. The molecule has 2 fully saturated rings. The van der Waals surface area contributed by atoms with Crippen molar-refractivity contribution in [2.75, 3.05) is 65.8 Å². The Kier molecular flexibility index (Phi) is 28.4. The molecule has 3 aromatic heterocycles. The van der Waals surface area contributed by atoms with E-state index in [2.05, 4.69) is 104 Å². The minimum atomic E-state index is -0.150. The molecule has 0 bridgehead atoms. The Balaban J connectivity index is 0.000000735. The first-order valence-corrected chi connectivity index (χ1v) is 19.4. The normalized spacial score (nSPS) is 12.1. The SMILES string of the molecule is C=O.CC(=O)NCC(=O)N1CCCC1.CCC.CCC.CNCC(=O)N1CCCC1.CNc1cn2cc(-c3ccc(-c4cnc[nH]4)cc3)nc2s1.COC=O. The minimum absolute atomic E-state index is 0.0303. The highest BCUT2D eigenvalue weighted by Gasteiger charge is 2.17. The van der Waals surface area contributed by atoms with Crippen molar-refractivity contribution in [1.29, 1.82) is 0 Å². The van der Waals surface area contributed by atoms with Crippen LogP contribution in [0.15, 0.2) is 49.2 Å². The lowest BCUT2D eigenvalue weighted by atomic mass is 10.1. The number of nitrogens with zero attached hydrogens (tertiary/aromatic N) is 5. The second-order valence-electron chi connectivity index (χ2n) is 12.1. The Bertz CT molecular complexity index is 1550. The molecule has 0 atom stereocenters. The zero-order valence-electron chi connectivity index (χ0n) is 34.0. The smallest absolute Gasteiger partial charge is 0.292 e. The monoisotopic (exact) mass is 785 g/mol. The average Bonchev–Trinajstić information content (AvgIpc) is 4.05. The second kappa shape index (κ2) is 31.3. The number of benzene rings is 1. The van der Waals surface area contributed by atoms with E-state index in [0.717, 1.165) is 71.5 Å². The van der Waals surface area contributed by atoms with Gasteiger partial charge in [0.15, 0.2) is 4.96 Å². The van der Waals surface area contributed by atoms with Crippen LogP contribution >= 0.6 is 11.3 Å². The maximum atomic E-state index is 11.3. The molecule has 2 saturated heterocycles. The van der Waals surface area contributed by atoms with Crippen LogP contribution in [0.3, 0.4) is 0 Å². The van der Waals surface area contributed by atoms with Gasteiger partial charge >= 0.3 is 0 Å². The molecular weight excluding hydrogens is 723 g/mol. The number of hydrogen-bond acceptors (Lipinski definition) is 11. The fourth-order valence-corrected chi connectivity index (χ4v) is 5.61. The number of thiazole rings is 1.